The molecule has 1 amide bonds. The van der Waals surface area contributed by atoms with Crippen molar-refractivity contribution < 1.29 is 4.79 Å². The van der Waals surface area contributed by atoms with E-state index in [2.05, 4.69) is 6.58 Å². The zero-order chi connectivity index (χ0) is 6.41. The Balaban J connectivity index is 0. The summed E-state index contributed by atoms with van der Waals surface area (Å²) in [5, 5.41) is 0. The van der Waals surface area contributed by atoms with Crippen molar-refractivity contribution in [3.8, 4) is 0 Å². The number of amides is 1. The number of nitrogens with two attached hydrogens (primary N) is 1. The van der Waals surface area contributed by atoms with E-state index in [1.807, 2.05) is 0 Å². The molecule has 0 atom stereocenters. The monoisotopic (exact) mass is 167 g/mol. The van der Waals surface area contributed by atoms with Gasteiger partial charge >= 0.3 is 0 Å². The van der Waals surface area contributed by atoms with Crippen LogP contribution in [0.4, 0.5) is 0 Å². The number of hydrogen-bond acceptors (Lipinski definition) is 2. The van der Waals surface area contributed by atoms with Crippen LogP contribution in [0.3, 0.4) is 0 Å². The Bertz CT molecular complexity index is 97.0. The maximum atomic E-state index is 10.0. The zero-order valence-corrected chi connectivity index (χ0v) is 6.63. The summed E-state index contributed by atoms with van der Waals surface area (Å²) >= 11 is 1.47. The molecular weight excluding hydrogens is 158 g/mol. The van der Waals surface area contributed by atoms with Crippen LogP contribution in [-0.2, 0) is 4.79 Å². The summed E-state index contributed by atoms with van der Waals surface area (Å²) in [5.41, 5.74) is 4.84. The van der Waals surface area contributed by atoms with Gasteiger partial charge < -0.3 is 5.73 Å². The van der Waals surface area contributed by atoms with Crippen LogP contribution in [0.25, 0.3) is 0 Å². The third-order valence-corrected chi connectivity index (χ3v) is 1.44. The molecule has 0 aliphatic carbocycles. The van der Waals surface area contributed by atoms with Gasteiger partial charge in [-0.15, -0.1) is 30.7 Å². The molecule has 0 radical (unpaired) electrons. The van der Waals surface area contributed by atoms with Gasteiger partial charge in [-0.25, -0.2) is 0 Å². The van der Waals surface area contributed by atoms with Gasteiger partial charge in [0.2, 0.25) is 5.91 Å². The molecule has 0 rings (SSSR count). The zero-order valence-electron chi connectivity index (χ0n) is 5.00. The maximum Gasteiger partial charge on any atom is 0.227 e. The van der Waals surface area contributed by atoms with Gasteiger partial charge in [0.05, 0.1) is 5.75 Å². The lowest BCUT2D eigenvalue weighted by atomic mass is 10.8. The van der Waals surface area contributed by atoms with Crippen molar-refractivity contribution in [1.82, 2.24) is 0 Å². The van der Waals surface area contributed by atoms with Crippen LogP contribution in [0.1, 0.15) is 0 Å². The van der Waals surface area contributed by atoms with Crippen LogP contribution in [0, 0.1) is 0 Å². The molecule has 0 aliphatic heterocycles. The van der Waals surface area contributed by atoms with Gasteiger partial charge in [0.1, 0.15) is 0 Å². The third-order valence-electron chi connectivity index (χ3n) is 0.480. The Morgan fingerprint density at radius 2 is 2.33 bits per heavy atom. The van der Waals surface area contributed by atoms with E-state index in [4.69, 9.17) is 5.73 Å². The molecule has 0 aromatic rings. The summed E-state index contributed by atoms with van der Waals surface area (Å²) < 4.78 is 0. The first-order chi connectivity index (χ1) is 3.77. The topological polar surface area (TPSA) is 43.1 Å². The van der Waals surface area contributed by atoms with E-state index in [1.165, 1.54) is 11.8 Å². The van der Waals surface area contributed by atoms with Crippen molar-refractivity contribution in [3.05, 3.63) is 12.7 Å². The minimum absolute atomic E-state index is 0. The van der Waals surface area contributed by atoms with Gasteiger partial charge in [-0.3, -0.25) is 4.79 Å². The molecule has 9 heavy (non-hydrogen) atoms. The van der Waals surface area contributed by atoms with E-state index >= 15 is 0 Å². The summed E-state index contributed by atoms with van der Waals surface area (Å²) in [6, 6.07) is 0. The van der Waals surface area contributed by atoms with Gasteiger partial charge in [-0.2, -0.15) is 0 Å². The normalized spacial score (nSPS) is 7.56. The average molecular weight is 168 g/mol. The molecule has 0 aliphatic rings. The quantitative estimate of drug-likeness (QED) is 0.498. The fraction of sp³-hybridized carbons (Fsp3) is 0.400. The molecule has 0 saturated carbocycles. The van der Waals surface area contributed by atoms with Gasteiger partial charge in [0, 0.05) is 5.75 Å². The number of primary amides is 1. The molecular formula is C5H10ClNOS. The maximum absolute atomic E-state index is 10.0. The first kappa shape index (κ1) is 11.6. The molecule has 0 spiro atoms. The van der Waals surface area contributed by atoms with Crippen LogP contribution in [0.5, 0.6) is 0 Å². The van der Waals surface area contributed by atoms with Crippen molar-refractivity contribution in [2.75, 3.05) is 11.5 Å². The van der Waals surface area contributed by atoms with E-state index < -0.39 is 0 Å². The summed E-state index contributed by atoms with van der Waals surface area (Å²) in [6.45, 7) is 3.48. The van der Waals surface area contributed by atoms with Crippen molar-refractivity contribution in [2.24, 2.45) is 5.73 Å². The minimum Gasteiger partial charge on any atom is -0.369 e. The van der Waals surface area contributed by atoms with Crippen LogP contribution in [0.2, 0.25) is 0 Å². The predicted octanol–water partition coefficient (Wildman–Crippen LogP) is 0.813. The first-order valence-electron chi connectivity index (χ1n) is 2.24. The highest BCUT2D eigenvalue weighted by Gasteiger charge is 1.89. The van der Waals surface area contributed by atoms with E-state index in [9.17, 15) is 4.79 Å². The van der Waals surface area contributed by atoms with Crippen molar-refractivity contribution in [2.45, 2.75) is 0 Å². The van der Waals surface area contributed by atoms with Crippen molar-refractivity contribution >= 4 is 30.1 Å². The van der Waals surface area contributed by atoms with Gasteiger partial charge in [-0.05, 0) is 0 Å². The standard InChI is InChI=1S/C5H9NOS.ClH/c1-2-3-8-4-5(6)7;/h2H,1,3-4H2,(H2,6,7);1H. The fourth-order valence-electron chi connectivity index (χ4n) is 0.243. The lowest BCUT2D eigenvalue weighted by Crippen LogP contribution is -2.13. The second-order valence-corrected chi connectivity index (χ2v) is 2.30. The second kappa shape index (κ2) is 7.85. The molecule has 0 heterocycles. The summed E-state index contributed by atoms with van der Waals surface area (Å²) in [4.78, 5) is 10.0. The van der Waals surface area contributed by atoms with Gasteiger partial charge in [0.25, 0.3) is 0 Å². The molecule has 0 aromatic carbocycles. The Hall–Kier alpha value is -0.150. The number of thioether (sulfide) groups is 1. The smallest absolute Gasteiger partial charge is 0.227 e. The average Bonchev–Trinajstić information content (AvgIpc) is 1.66. The third kappa shape index (κ3) is 11.4. The highest BCUT2D eigenvalue weighted by Crippen LogP contribution is 1.96. The predicted molar refractivity (Wildman–Crippen MR) is 44.0 cm³/mol. The van der Waals surface area contributed by atoms with Crippen molar-refractivity contribution in [3.63, 3.8) is 0 Å². The first-order valence-corrected chi connectivity index (χ1v) is 3.39. The van der Waals surface area contributed by atoms with E-state index in [1.54, 1.807) is 6.08 Å². The van der Waals surface area contributed by atoms with E-state index in [0.29, 0.717) is 5.75 Å². The largest absolute Gasteiger partial charge is 0.369 e. The lowest BCUT2D eigenvalue weighted by molar-refractivity contribution is -0.115. The van der Waals surface area contributed by atoms with Crippen LogP contribution in [-0.4, -0.2) is 17.4 Å². The van der Waals surface area contributed by atoms with E-state index in [0.717, 1.165) is 5.75 Å². The molecule has 2 nitrogen and oxygen atoms in total. The molecule has 0 aromatic heterocycles. The summed E-state index contributed by atoms with van der Waals surface area (Å²) in [6.07, 6.45) is 1.74. The van der Waals surface area contributed by atoms with Gasteiger partial charge in [0.15, 0.2) is 0 Å². The SMILES string of the molecule is C=CCSCC(N)=O.Cl. The highest BCUT2D eigenvalue weighted by atomic mass is 35.5. The number of rotatable bonds is 4. The molecule has 0 saturated heterocycles. The Morgan fingerprint density at radius 3 is 2.67 bits per heavy atom. The number of carbonyl (C=O) groups excluding carboxylic acids is 1. The number of hydrogen-bond donors (Lipinski definition) is 1. The summed E-state index contributed by atoms with van der Waals surface area (Å²) in [7, 11) is 0. The Kier molecular flexibility index (Phi) is 10.1. The molecule has 0 bridgehead atoms. The van der Waals surface area contributed by atoms with Crippen molar-refractivity contribution in [1.29, 1.82) is 0 Å². The molecule has 2 N–H and O–H groups in total. The van der Waals surface area contributed by atoms with Crippen LogP contribution >= 0.6 is 24.2 Å². The molecule has 54 valence electrons. The van der Waals surface area contributed by atoms with E-state index in [-0.39, 0.29) is 18.3 Å². The van der Waals surface area contributed by atoms with Crippen LogP contribution < -0.4 is 5.73 Å². The fourth-order valence-corrected chi connectivity index (χ4v) is 0.729. The number of carbonyl (C=O) groups is 1. The molecule has 0 unspecified atom stereocenters. The Morgan fingerprint density at radius 1 is 1.78 bits per heavy atom. The number of halogens is 1. The highest BCUT2D eigenvalue weighted by molar-refractivity contribution is 8.00. The molecule has 0 fully saturated rings. The van der Waals surface area contributed by atoms with Gasteiger partial charge in [-0.1, -0.05) is 6.08 Å². The lowest BCUT2D eigenvalue weighted by Gasteiger charge is -1.88. The van der Waals surface area contributed by atoms with Crippen LogP contribution in [0.15, 0.2) is 12.7 Å². The summed E-state index contributed by atoms with van der Waals surface area (Å²) in [5.74, 6) is 0.923. The molecule has 4 heteroatoms. The Labute approximate surface area is 65.3 Å². The minimum atomic E-state index is -0.267. The second-order valence-electron chi connectivity index (χ2n) is 1.27.